The molecule has 2 aliphatic carbocycles. The van der Waals surface area contributed by atoms with Crippen molar-refractivity contribution in [1.82, 2.24) is 0 Å². The van der Waals surface area contributed by atoms with Gasteiger partial charge in [0.15, 0.2) is 0 Å². The van der Waals surface area contributed by atoms with E-state index >= 15 is 0 Å². The lowest BCUT2D eigenvalue weighted by Gasteiger charge is -2.37. The summed E-state index contributed by atoms with van der Waals surface area (Å²) >= 11 is 0. The Bertz CT molecular complexity index is 1740. The second-order valence-electron chi connectivity index (χ2n) is 11.0. The first kappa shape index (κ1) is 24.5. The van der Waals surface area contributed by atoms with Crippen LogP contribution in [0.25, 0.3) is 27.6 Å². The minimum absolute atomic E-state index is 0.236. The predicted molar refractivity (Wildman–Crippen MR) is 172 cm³/mol. The molecule has 0 radical (unpaired) electrons. The number of hydrogen-bond acceptors (Lipinski definition) is 2. The Morgan fingerprint density at radius 3 is 2.15 bits per heavy atom. The van der Waals surface area contributed by atoms with Crippen molar-refractivity contribution in [3.63, 3.8) is 0 Å². The molecule has 196 valence electrons. The summed E-state index contributed by atoms with van der Waals surface area (Å²) in [5.41, 5.74) is 7.71. The highest BCUT2D eigenvalue weighted by atomic mass is 15.2. The average Bonchev–Trinajstić information content (AvgIpc) is 3.00. The van der Waals surface area contributed by atoms with Gasteiger partial charge in [0.05, 0.1) is 17.4 Å². The minimum Gasteiger partial charge on any atom is -0.367 e. The number of benzene rings is 5. The van der Waals surface area contributed by atoms with E-state index in [1.54, 1.807) is 0 Å². The zero-order valence-corrected chi connectivity index (χ0v) is 23.2. The van der Waals surface area contributed by atoms with Gasteiger partial charge in [-0.15, -0.1) is 0 Å². The molecular weight excluding hydrogens is 484 g/mol. The van der Waals surface area contributed by atoms with Crippen LogP contribution < -0.4 is 9.80 Å². The smallest absolute Gasteiger partial charge is 0.0536 e. The van der Waals surface area contributed by atoms with E-state index in [1.165, 1.54) is 55.4 Å². The lowest BCUT2D eigenvalue weighted by Crippen LogP contribution is -2.37. The third-order valence-corrected chi connectivity index (χ3v) is 8.53. The maximum absolute atomic E-state index is 2.49. The molecule has 0 fully saturated rings. The molecule has 0 N–H and O–H groups in total. The number of rotatable bonds is 5. The predicted octanol–water partition coefficient (Wildman–Crippen LogP) is 9.69. The third-order valence-electron chi connectivity index (χ3n) is 8.53. The lowest BCUT2D eigenvalue weighted by atomic mass is 9.91. The Morgan fingerprint density at radius 1 is 0.725 bits per heavy atom. The van der Waals surface area contributed by atoms with E-state index in [2.05, 4.69) is 157 Å². The highest BCUT2D eigenvalue weighted by molar-refractivity contribution is 6.11. The molecule has 5 aromatic rings. The number of hydrogen-bond donors (Lipinski definition) is 0. The van der Waals surface area contributed by atoms with E-state index in [4.69, 9.17) is 0 Å². The number of likely N-dealkylation sites (N-methyl/N-ethyl adjacent to an activating group) is 1. The largest absolute Gasteiger partial charge is 0.367 e. The van der Waals surface area contributed by atoms with Crippen molar-refractivity contribution in [2.75, 3.05) is 16.8 Å². The van der Waals surface area contributed by atoms with E-state index in [0.29, 0.717) is 5.92 Å². The van der Waals surface area contributed by atoms with E-state index < -0.39 is 0 Å². The molecule has 2 atom stereocenters. The van der Waals surface area contributed by atoms with Crippen LogP contribution in [0.15, 0.2) is 133 Å². The van der Waals surface area contributed by atoms with E-state index in [0.717, 1.165) is 12.8 Å². The molecule has 0 aliphatic heterocycles. The Kier molecular flexibility index (Phi) is 6.24. The summed E-state index contributed by atoms with van der Waals surface area (Å²) < 4.78 is 0. The molecule has 2 aliphatic rings. The monoisotopic (exact) mass is 518 g/mol. The van der Waals surface area contributed by atoms with Crippen molar-refractivity contribution in [2.24, 2.45) is 5.92 Å². The maximum atomic E-state index is 2.49. The fourth-order valence-corrected chi connectivity index (χ4v) is 6.59. The quantitative estimate of drug-likeness (QED) is 0.214. The third kappa shape index (κ3) is 4.21. The highest BCUT2D eigenvalue weighted by Gasteiger charge is 2.27. The second-order valence-corrected chi connectivity index (χ2v) is 11.0. The van der Waals surface area contributed by atoms with Gasteiger partial charge in [-0.3, -0.25) is 0 Å². The molecule has 40 heavy (non-hydrogen) atoms. The molecule has 0 amide bonds. The molecule has 2 heteroatoms. The van der Waals surface area contributed by atoms with Gasteiger partial charge in [0.2, 0.25) is 0 Å². The summed E-state index contributed by atoms with van der Waals surface area (Å²) in [5.74, 6) is 0.309. The summed E-state index contributed by atoms with van der Waals surface area (Å²) in [5, 5.41) is 5.16. The fourth-order valence-electron chi connectivity index (χ4n) is 6.59. The van der Waals surface area contributed by atoms with Crippen molar-refractivity contribution < 1.29 is 0 Å². The van der Waals surface area contributed by atoms with Gasteiger partial charge in [0, 0.05) is 40.7 Å². The SMILES string of the molecule is CC1C=C(N(c2ccccc2)c2cccc3c2C=CCC3)C=CC1N(C)c1c2ccccc2cc2ccccc12. The van der Waals surface area contributed by atoms with Crippen molar-refractivity contribution in [3.05, 3.63) is 144 Å². The summed E-state index contributed by atoms with van der Waals surface area (Å²) in [4.78, 5) is 4.92. The molecule has 5 aromatic carbocycles. The van der Waals surface area contributed by atoms with Crippen LogP contribution in [0.2, 0.25) is 0 Å². The lowest BCUT2D eigenvalue weighted by molar-refractivity contribution is 0.590. The number of aryl methyl sites for hydroxylation is 1. The van der Waals surface area contributed by atoms with Crippen molar-refractivity contribution >= 4 is 44.7 Å². The average molecular weight is 519 g/mol. The number of fused-ring (bicyclic) bond motifs is 3. The molecule has 0 spiro atoms. The molecule has 2 unspecified atom stereocenters. The first-order chi connectivity index (χ1) is 19.7. The van der Waals surface area contributed by atoms with E-state index in [-0.39, 0.29) is 6.04 Å². The molecule has 0 saturated carbocycles. The van der Waals surface area contributed by atoms with Gasteiger partial charge in [0.25, 0.3) is 0 Å². The Morgan fingerprint density at radius 2 is 1.43 bits per heavy atom. The fraction of sp³-hybridized carbons (Fsp3) is 0.158. The van der Waals surface area contributed by atoms with Crippen molar-refractivity contribution in [2.45, 2.75) is 25.8 Å². The Hall–Kier alpha value is -4.56. The first-order valence-corrected chi connectivity index (χ1v) is 14.4. The zero-order valence-electron chi connectivity index (χ0n) is 23.2. The minimum atomic E-state index is 0.236. The van der Waals surface area contributed by atoms with Gasteiger partial charge in [0.1, 0.15) is 0 Å². The van der Waals surface area contributed by atoms with Crippen LogP contribution in [-0.2, 0) is 6.42 Å². The summed E-state index contributed by atoms with van der Waals surface area (Å²) in [6.07, 6.45) is 14.0. The number of para-hydroxylation sites is 1. The van der Waals surface area contributed by atoms with Gasteiger partial charge in [-0.2, -0.15) is 0 Å². The molecule has 0 bridgehead atoms. The molecule has 7 rings (SSSR count). The van der Waals surface area contributed by atoms with Crippen LogP contribution in [0.5, 0.6) is 0 Å². The number of anilines is 3. The van der Waals surface area contributed by atoms with Crippen LogP contribution in [0.1, 0.15) is 24.5 Å². The van der Waals surface area contributed by atoms with Gasteiger partial charge >= 0.3 is 0 Å². The summed E-state index contributed by atoms with van der Waals surface area (Å²) in [6, 6.07) is 37.6. The van der Waals surface area contributed by atoms with E-state index in [9.17, 15) is 0 Å². The van der Waals surface area contributed by atoms with Gasteiger partial charge < -0.3 is 9.80 Å². The molecule has 0 aromatic heterocycles. The number of allylic oxidation sites excluding steroid dienone is 2. The molecule has 2 nitrogen and oxygen atoms in total. The zero-order chi connectivity index (χ0) is 27.1. The van der Waals surface area contributed by atoms with Crippen LogP contribution in [-0.4, -0.2) is 13.1 Å². The Balaban J connectivity index is 1.30. The maximum Gasteiger partial charge on any atom is 0.0536 e. The van der Waals surface area contributed by atoms with Crippen LogP contribution in [0, 0.1) is 5.92 Å². The van der Waals surface area contributed by atoms with Crippen molar-refractivity contribution in [3.8, 4) is 0 Å². The molecule has 0 saturated heterocycles. The first-order valence-electron chi connectivity index (χ1n) is 14.4. The standard InChI is InChI=1S/C38H34N2/c1-27-25-32(40(31-17-4-3-5-18-31)37-22-12-16-28-13-6-9-19-33(28)37)23-24-36(27)39(2)38-34-20-10-7-14-29(34)26-30-15-8-11-21-35(30)38/h3-5,7-12,14-27,36H,6,13H2,1-2H3. The van der Waals surface area contributed by atoms with Crippen LogP contribution >= 0.6 is 0 Å². The Labute approximate surface area is 237 Å². The second kappa shape index (κ2) is 10.2. The van der Waals surface area contributed by atoms with E-state index in [1.807, 2.05) is 0 Å². The topological polar surface area (TPSA) is 6.48 Å². The summed E-state index contributed by atoms with van der Waals surface area (Å²) in [7, 11) is 2.26. The van der Waals surface area contributed by atoms with Gasteiger partial charge in [-0.25, -0.2) is 0 Å². The number of nitrogens with zero attached hydrogens (tertiary/aromatic N) is 2. The summed E-state index contributed by atoms with van der Waals surface area (Å²) in [6.45, 7) is 2.35. The molecular formula is C38H34N2. The van der Waals surface area contributed by atoms with Crippen LogP contribution in [0.4, 0.5) is 17.1 Å². The highest BCUT2D eigenvalue weighted by Crippen LogP contribution is 2.41. The van der Waals surface area contributed by atoms with Crippen molar-refractivity contribution in [1.29, 1.82) is 0 Å². The van der Waals surface area contributed by atoms with Gasteiger partial charge in [-0.05, 0) is 59.5 Å². The normalized spacial score (nSPS) is 18.0. The van der Waals surface area contributed by atoms with Crippen LogP contribution in [0.3, 0.4) is 0 Å². The van der Waals surface area contributed by atoms with Gasteiger partial charge in [-0.1, -0.05) is 110 Å². The molecule has 0 heterocycles.